The SMILES string of the molecule is Cn1c(C(=O)O)nc(Br)c1C=O. The van der Waals surface area contributed by atoms with Gasteiger partial charge in [-0.05, 0) is 15.9 Å². The third kappa shape index (κ3) is 1.25. The molecule has 0 unspecified atom stereocenters. The number of imidazole rings is 1. The summed E-state index contributed by atoms with van der Waals surface area (Å²) < 4.78 is 1.46. The molecular formula is C6H5BrN2O3. The van der Waals surface area contributed by atoms with E-state index in [1.165, 1.54) is 11.6 Å². The largest absolute Gasteiger partial charge is 0.475 e. The number of rotatable bonds is 2. The zero-order valence-corrected chi connectivity index (χ0v) is 7.70. The van der Waals surface area contributed by atoms with E-state index < -0.39 is 5.97 Å². The number of hydrogen-bond donors (Lipinski definition) is 1. The van der Waals surface area contributed by atoms with E-state index in [0.29, 0.717) is 6.29 Å². The molecule has 0 aromatic carbocycles. The lowest BCUT2D eigenvalue weighted by Gasteiger charge is -1.94. The number of hydrogen-bond acceptors (Lipinski definition) is 3. The number of carbonyl (C=O) groups is 2. The van der Waals surface area contributed by atoms with Gasteiger partial charge in [0.05, 0.1) is 0 Å². The van der Waals surface area contributed by atoms with Crippen molar-refractivity contribution in [2.24, 2.45) is 7.05 Å². The quantitative estimate of drug-likeness (QED) is 0.763. The lowest BCUT2D eigenvalue weighted by atomic mass is 10.5. The fraction of sp³-hybridized carbons (Fsp3) is 0.167. The van der Waals surface area contributed by atoms with E-state index in [-0.39, 0.29) is 16.1 Å². The van der Waals surface area contributed by atoms with Gasteiger partial charge < -0.3 is 9.67 Å². The molecule has 0 atom stereocenters. The van der Waals surface area contributed by atoms with Gasteiger partial charge in [0, 0.05) is 7.05 Å². The monoisotopic (exact) mass is 232 g/mol. The molecule has 0 saturated heterocycles. The van der Waals surface area contributed by atoms with Crippen LogP contribution in [-0.4, -0.2) is 26.9 Å². The van der Waals surface area contributed by atoms with Crippen LogP contribution < -0.4 is 0 Å². The van der Waals surface area contributed by atoms with E-state index in [4.69, 9.17) is 5.11 Å². The highest BCUT2D eigenvalue weighted by Gasteiger charge is 2.16. The predicted molar refractivity (Wildman–Crippen MR) is 43.3 cm³/mol. The first-order valence-electron chi connectivity index (χ1n) is 2.98. The first-order valence-corrected chi connectivity index (χ1v) is 3.78. The molecule has 1 aromatic rings. The molecule has 0 fully saturated rings. The molecule has 0 saturated carbocycles. The molecule has 0 amide bonds. The summed E-state index contributed by atoms with van der Waals surface area (Å²) in [5.74, 6) is -1.32. The van der Waals surface area contributed by atoms with Crippen molar-refractivity contribution in [3.05, 3.63) is 16.1 Å². The molecule has 5 nitrogen and oxygen atoms in total. The Labute approximate surface area is 76.1 Å². The number of carbonyl (C=O) groups excluding carboxylic acids is 1. The van der Waals surface area contributed by atoms with Crippen LogP contribution >= 0.6 is 15.9 Å². The Morgan fingerprint density at radius 1 is 1.75 bits per heavy atom. The molecule has 12 heavy (non-hydrogen) atoms. The zero-order chi connectivity index (χ0) is 9.30. The number of aromatic nitrogens is 2. The second-order valence-corrected chi connectivity index (χ2v) is 2.84. The number of aromatic carboxylic acids is 1. The van der Waals surface area contributed by atoms with Gasteiger partial charge in [-0.1, -0.05) is 0 Å². The minimum Gasteiger partial charge on any atom is -0.475 e. The molecule has 6 heteroatoms. The van der Waals surface area contributed by atoms with Gasteiger partial charge in [-0.15, -0.1) is 0 Å². The Hall–Kier alpha value is -1.17. The third-order valence-corrected chi connectivity index (χ3v) is 1.98. The Kier molecular flexibility index (Phi) is 2.27. The van der Waals surface area contributed by atoms with Crippen molar-refractivity contribution in [1.82, 2.24) is 9.55 Å². The molecule has 0 aliphatic heterocycles. The van der Waals surface area contributed by atoms with Gasteiger partial charge in [0.2, 0.25) is 5.82 Å². The maximum atomic E-state index is 10.5. The average Bonchev–Trinajstić information content (AvgIpc) is 2.27. The van der Waals surface area contributed by atoms with Crippen molar-refractivity contribution in [1.29, 1.82) is 0 Å². The number of halogens is 1. The molecule has 1 aromatic heterocycles. The first-order chi connectivity index (χ1) is 5.57. The van der Waals surface area contributed by atoms with Crippen molar-refractivity contribution in [2.75, 3.05) is 0 Å². The van der Waals surface area contributed by atoms with Gasteiger partial charge in [-0.2, -0.15) is 0 Å². The lowest BCUT2D eigenvalue weighted by molar-refractivity contribution is 0.0679. The van der Waals surface area contributed by atoms with Gasteiger partial charge in [-0.25, -0.2) is 9.78 Å². The van der Waals surface area contributed by atoms with Crippen LogP contribution in [0.15, 0.2) is 4.60 Å². The Balaban J connectivity index is 3.35. The van der Waals surface area contributed by atoms with E-state index in [0.717, 1.165) is 0 Å². The third-order valence-electron chi connectivity index (χ3n) is 1.40. The number of nitrogens with zero attached hydrogens (tertiary/aromatic N) is 2. The fourth-order valence-electron chi connectivity index (χ4n) is 0.797. The van der Waals surface area contributed by atoms with Crippen molar-refractivity contribution in [2.45, 2.75) is 0 Å². The maximum Gasteiger partial charge on any atom is 0.372 e. The summed E-state index contributed by atoms with van der Waals surface area (Å²) in [4.78, 5) is 24.5. The van der Waals surface area contributed by atoms with Crippen molar-refractivity contribution >= 4 is 28.2 Å². The van der Waals surface area contributed by atoms with Gasteiger partial charge >= 0.3 is 5.97 Å². The van der Waals surface area contributed by atoms with Crippen LogP contribution in [0.3, 0.4) is 0 Å². The van der Waals surface area contributed by atoms with Crippen LogP contribution in [0.1, 0.15) is 21.1 Å². The minimum absolute atomic E-state index is 0.163. The van der Waals surface area contributed by atoms with Crippen LogP contribution in [0, 0.1) is 0 Å². The average molecular weight is 233 g/mol. The highest BCUT2D eigenvalue weighted by atomic mass is 79.9. The Morgan fingerprint density at radius 2 is 2.33 bits per heavy atom. The maximum absolute atomic E-state index is 10.5. The first kappa shape index (κ1) is 8.92. The summed E-state index contributed by atoms with van der Waals surface area (Å²) in [5.41, 5.74) is 0.215. The summed E-state index contributed by atoms with van der Waals surface area (Å²) in [7, 11) is 1.46. The van der Waals surface area contributed by atoms with E-state index in [1.807, 2.05) is 0 Å². The van der Waals surface area contributed by atoms with Crippen molar-refractivity contribution < 1.29 is 14.7 Å². The summed E-state index contributed by atoms with van der Waals surface area (Å²) >= 11 is 2.97. The number of aldehydes is 1. The molecule has 0 radical (unpaired) electrons. The summed E-state index contributed by atoms with van der Waals surface area (Å²) in [6, 6.07) is 0. The van der Waals surface area contributed by atoms with E-state index in [1.54, 1.807) is 0 Å². The predicted octanol–water partition coefficient (Wildman–Crippen LogP) is 0.693. The molecule has 0 spiro atoms. The molecule has 64 valence electrons. The number of carboxylic acid groups (broad SMARTS) is 1. The summed E-state index contributed by atoms with van der Waals surface area (Å²) in [6.07, 6.45) is 0.545. The number of carboxylic acids is 1. The highest BCUT2D eigenvalue weighted by molar-refractivity contribution is 9.10. The van der Waals surface area contributed by atoms with Gasteiger partial charge in [-0.3, -0.25) is 4.79 Å². The van der Waals surface area contributed by atoms with Gasteiger partial charge in [0.1, 0.15) is 10.3 Å². The smallest absolute Gasteiger partial charge is 0.372 e. The van der Waals surface area contributed by atoms with E-state index in [2.05, 4.69) is 20.9 Å². The Morgan fingerprint density at radius 3 is 2.58 bits per heavy atom. The minimum atomic E-state index is -1.16. The topological polar surface area (TPSA) is 72.2 Å². The highest BCUT2D eigenvalue weighted by Crippen LogP contribution is 2.14. The molecular weight excluding hydrogens is 228 g/mol. The van der Waals surface area contributed by atoms with Crippen LogP contribution in [0.25, 0.3) is 0 Å². The molecule has 0 aliphatic rings. The molecule has 0 aliphatic carbocycles. The zero-order valence-electron chi connectivity index (χ0n) is 6.11. The lowest BCUT2D eigenvalue weighted by Crippen LogP contribution is -2.07. The Bertz CT molecular complexity index is 345. The van der Waals surface area contributed by atoms with Crippen molar-refractivity contribution in [3.63, 3.8) is 0 Å². The standard InChI is InChI=1S/C6H5BrN2O3/c1-9-3(2-10)4(7)8-5(9)6(11)12/h2H,1H3,(H,11,12). The van der Waals surface area contributed by atoms with Gasteiger partial charge in [0.15, 0.2) is 6.29 Å². The van der Waals surface area contributed by atoms with Gasteiger partial charge in [0.25, 0.3) is 0 Å². The molecule has 1 rings (SSSR count). The van der Waals surface area contributed by atoms with E-state index in [9.17, 15) is 9.59 Å². The van der Waals surface area contributed by atoms with Crippen LogP contribution in [0.5, 0.6) is 0 Å². The van der Waals surface area contributed by atoms with Crippen LogP contribution in [-0.2, 0) is 7.05 Å². The molecule has 1 N–H and O–H groups in total. The molecule has 1 heterocycles. The summed E-state index contributed by atoms with van der Waals surface area (Å²) in [6.45, 7) is 0. The summed E-state index contributed by atoms with van der Waals surface area (Å²) in [5, 5.41) is 8.58. The van der Waals surface area contributed by atoms with Crippen LogP contribution in [0.2, 0.25) is 0 Å². The molecule has 0 bridgehead atoms. The fourth-order valence-corrected chi connectivity index (χ4v) is 1.32. The van der Waals surface area contributed by atoms with E-state index >= 15 is 0 Å². The second-order valence-electron chi connectivity index (χ2n) is 2.09. The second kappa shape index (κ2) is 3.06. The van der Waals surface area contributed by atoms with Crippen LogP contribution in [0.4, 0.5) is 0 Å². The van der Waals surface area contributed by atoms with Crippen molar-refractivity contribution in [3.8, 4) is 0 Å². The normalized spacial score (nSPS) is 9.83.